The Balaban J connectivity index is 0.00000208. The summed E-state index contributed by atoms with van der Waals surface area (Å²) < 4.78 is 10.8. The summed E-state index contributed by atoms with van der Waals surface area (Å²) in [4.78, 5) is 0. The second-order valence-corrected chi connectivity index (χ2v) is 6.11. The Kier molecular flexibility index (Phi) is 5.92. The minimum Gasteiger partial charge on any atom is -0.493 e. The van der Waals surface area contributed by atoms with Crippen molar-refractivity contribution in [3.05, 3.63) is 57.1 Å². The highest BCUT2D eigenvalue weighted by molar-refractivity contribution is 6.42. The van der Waals surface area contributed by atoms with Crippen molar-refractivity contribution in [1.29, 1.82) is 0 Å². The molecule has 0 aromatic heterocycles. The second kappa shape index (κ2) is 7.56. The van der Waals surface area contributed by atoms with Crippen LogP contribution in [0.4, 0.5) is 0 Å². The number of ether oxygens (including phenoxy) is 2. The first-order chi connectivity index (χ1) is 11.0. The molecule has 0 bridgehead atoms. The lowest BCUT2D eigenvalue weighted by Crippen LogP contribution is -2.15. The van der Waals surface area contributed by atoms with Crippen LogP contribution in [0, 0.1) is 0 Å². The zero-order chi connectivity index (χ0) is 16.6. The van der Waals surface area contributed by atoms with Crippen molar-refractivity contribution in [3.8, 4) is 11.5 Å². The molecule has 1 radical (unpaired) electrons. The summed E-state index contributed by atoms with van der Waals surface area (Å²) in [5.41, 5.74) is 3.97. The number of methoxy groups -OCH3 is 2. The van der Waals surface area contributed by atoms with E-state index in [9.17, 15) is 0 Å². The van der Waals surface area contributed by atoms with Gasteiger partial charge >= 0.3 is 0 Å². The van der Waals surface area contributed by atoms with Crippen LogP contribution in [0.25, 0.3) is 11.8 Å². The lowest BCUT2D eigenvalue weighted by molar-refractivity contribution is 0.354. The van der Waals surface area contributed by atoms with Crippen LogP contribution in [-0.2, 0) is 0 Å². The molecule has 1 atom stereocenters. The summed E-state index contributed by atoms with van der Waals surface area (Å²) in [7, 11) is 3.26. The van der Waals surface area contributed by atoms with Crippen molar-refractivity contribution >= 4 is 47.4 Å². The summed E-state index contributed by atoms with van der Waals surface area (Å²) in [5, 5.41) is 5.81. The Morgan fingerprint density at radius 3 is 2.25 bits per heavy atom. The van der Waals surface area contributed by atoms with Crippen LogP contribution >= 0.6 is 35.6 Å². The van der Waals surface area contributed by atoms with Crippen LogP contribution in [0.15, 0.2) is 30.3 Å². The summed E-state index contributed by atoms with van der Waals surface area (Å²) in [6.07, 6.45) is 2.02. The first kappa shape index (κ1) is 18.8. The van der Waals surface area contributed by atoms with E-state index < -0.39 is 0 Å². The number of hydrogen-bond donors (Lipinski definition) is 0. The standard InChI is InChI=1S/C18H16Cl2NO2.ClH/c1-10-13-9-18(23-3)17(22-2)8-12(13)7-16(21-10)11-4-5-14(19)15(20)6-11;/h4-10H,1-3H3;1H. The number of rotatable bonds is 3. The molecule has 1 unspecified atom stereocenters. The monoisotopic (exact) mass is 384 g/mol. The van der Waals surface area contributed by atoms with Crippen LogP contribution in [0.2, 0.25) is 10.0 Å². The van der Waals surface area contributed by atoms with E-state index in [-0.39, 0.29) is 18.4 Å². The third kappa shape index (κ3) is 3.44. The van der Waals surface area contributed by atoms with E-state index in [0.29, 0.717) is 21.5 Å². The molecule has 0 saturated heterocycles. The fourth-order valence-corrected chi connectivity index (χ4v) is 2.97. The number of halogens is 3. The predicted molar refractivity (Wildman–Crippen MR) is 102 cm³/mol. The molecule has 1 aliphatic rings. The molecular formula is C18H17Cl3NO2. The smallest absolute Gasteiger partial charge is 0.161 e. The van der Waals surface area contributed by atoms with E-state index in [1.807, 2.05) is 30.3 Å². The van der Waals surface area contributed by atoms with Gasteiger partial charge < -0.3 is 9.47 Å². The normalized spacial score (nSPS) is 15.5. The van der Waals surface area contributed by atoms with Gasteiger partial charge in [-0.1, -0.05) is 29.3 Å². The van der Waals surface area contributed by atoms with E-state index >= 15 is 0 Å². The van der Waals surface area contributed by atoms with Gasteiger partial charge in [0.25, 0.3) is 0 Å². The molecule has 3 nitrogen and oxygen atoms in total. The summed E-state index contributed by atoms with van der Waals surface area (Å²) in [6, 6.07) is 9.49. The molecule has 2 aromatic rings. The SMILES string of the molecule is COc1cc2c(cc1OC)C(C)[N]C(c1ccc(Cl)c(Cl)c1)=C2.Cl. The average molecular weight is 386 g/mol. The molecule has 0 saturated carbocycles. The zero-order valence-corrected chi connectivity index (χ0v) is 15.8. The number of fused-ring (bicyclic) bond motifs is 1. The highest BCUT2D eigenvalue weighted by atomic mass is 35.5. The molecule has 2 aromatic carbocycles. The highest BCUT2D eigenvalue weighted by Crippen LogP contribution is 2.39. The highest BCUT2D eigenvalue weighted by Gasteiger charge is 2.22. The van der Waals surface area contributed by atoms with E-state index in [2.05, 4.69) is 6.92 Å². The van der Waals surface area contributed by atoms with Crippen molar-refractivity contribution in [3.63, 3.8) is 0 Å². The fourth-order valence-electron chi connectivity index (χ4n) is 2.67. The minimum absolute atomic E-state index is 0. The molecule has 24 heavy (non-hydrogen) atoms. The van der Waals surface area contributed by atoms with Gasteiger partial charge in [-0.3, -0.25) is 5.32 Å². The lowest BCUT2D eigenvalue weighted by atomic mass is 9.94. The molecule has 0 aliphatic carbocycles. The maximum Gasteiger partial charge on any atom is 0.161 e. The molecule has 1 heterocycles. The van der Waals surface area contributed by atoms with Crippen LogP contribution < -0.4 is 14.8 Å². The van der Waals surface area contributed by atoms with Gasteiger partial charge in [-0.25, -0.2) is 0 Å². The molecule has 0 N–H and O–H groups in total. The van der Waals surface area contributed by atoms with Crippen LogP contribution in [0.1, 0.15) is 29.7 Å². The molecule has 6 heteroatoms. The molecule has 0 fully saturated rings. The Labute approximate surface area is 158 Å². The Morgan fingerprint density at radius 2 is 1.62 bits per heavy atom. The van der Waals surface area contributed by atoms with Gasteiger partial charge in [0.1, 0.15) is 0 Å². The molecule has 0 amide bonds. The van der Waals surface area contributed by atoms with Gasteiger partial charge in [0.05, 0.1) is 36.0 Å². The van der Waals surface area contributed by atoms with Crippen LogP contribution in [0.3, 0.4) is 0 Å². The summed E-state index contributed by atoms with van der Waals surface area (Å²) in [6.45, 7) is 2.05. The van der Waals surface area contributed by atoms with Crippen molar-refractivity contribution in [2.75, 3.05) is 14.2 Å². The summed E-state index contributed by atoms with van der Waals surface area (Å²) >= 11 is 12.1. The lowest BCUT2D eigenvalue weighted by Gasteiger charge is -2.24. The van der Waals surface area contributed by atoms with Gasteiger partial charge in [-0.05, 0) is 48.4 Å². The first-order valence-electron chi connectivity index (χ1n) is 7.17. The topological polar surface area (TPSA) is 32.6 Å². The first-order valence-corrected chi connectivity index (χ1v) is 7.93. The quantitative estimate of drug-likeness (QED) is 0.688. The number of benzene rings is 2. The Hall–Kier alpha value is -1.55. The number of nitrogens with zero attached hydrogens (tertiary/aromatic N) is 1. The molecular weight excluding hydrogens is 369 g/mol. The van der Waals surface area contributed by atoms with Crippen molar-refractivity contribution in [2.45, 2.75) is 13.0 Å². The van der Waals surface area contributed by atoms with Crippen LogP contribution in [-0.4, -0.2) is 14.2 Å². The second-order valence-electron chi connectivity index (χ2n) is 5.30. The van der Waals surface area contributed by atoms with E-state index in [0.717, 1.165) is 22.4 Å². The fraction of sp³-hybridized carbons (Fsp3) is 0.222. The van der Waals surface area contributed by atoms with E-state index in [4.69, 9.17) is 38.0 Å². The van der Waals surface area contributed by atoms with Crippen molar-refractivity contribution < 1.29 is 9.47 Å². The van der Waals surface area contributed by atoms with Gasteiger partial charge in [0.15, 0.2) is 11.5 Å². The van der Waals surface area contributed by atoms with Gasteiger partial charge in [0.2, 0.25) is 0 Å². The minimum atomic E-state index is 0. The van der Waals surface area contributed by atoms with E-state index in [1.165, 1.54) is 0 Å². The number of hydrogen-bond acceptors (Lipinski definition) is 2. The van der Waals surface area contributed by atoms with Crippen molar-refractivity contribution in [2.24, 2.45) is 0 Å². The largest absolute Gasteiger partial charge is 0.493 e. The third-order valence-electron chi connectivity index (χ3n) is 3.88. The average Bonchev–Trinajstić information content (AvgIpc) is 2.56. The molecule has 127 valence electrons. The van der Waals surface area contributed by atoms with Gasteiger partial charge in [-0.15, -0.1) is 12.4 Å². The maximum absolute atomic E-state index is 6.12. The third-order valence-corrected chi connectivity index (χ3v) is 4.62. The van der Waals surface area contributed by atoms with Gasteiger partial charge in [0, 0.05) is 5.56 Å². The Bertz CT molecular complexity index is 790. The molecule has 0 spiro atoms. The maximum atomic E-state index is 6.12. The predicted octanol–water partition coefficient (Wildman–Crippen LogP) is 5.61. The molecule has 1 aliphatic heterocycles. The molecule has 3 rings (SSSR count). The summed E-state index contributed by atoms with van der Waals surface area (Å²) in [5.74, 6) is 1.41. The zero-order valence-electron chi connectivity index (χ0n) is 13.5. The van der Waals surface area contributed by atoms with Crippen LogP contribution in [0.5, 0.6) is 11.5 Å². The van der Waals surface area contributed by atoms with Crippen molar-refractivity contribution in [1.82, 2.24) is 5.32 Å². The Morgan fingerprint density at radius 1 is 0.958 bits per heavy atom. The van der Waals surface area contributed by atoms with E-state index in [1.54, 1.807) is 20.3 Å². The van der Waals surface area contributed by atoms with Gasteiger partial charge in [-0.2, -0.15) is 0 Å².